The van der Waals surface area contributed by atoms with E-state index in [4.69, 9.17) is 9.84 Å². The number of amides is 1. The first kappa shape index (κ1) is 20.6. The van der Waals surface area contributed by atoms with Crippen molar-refractivity contribution in [3.8, 4) is 5.75 Å². The predicted molar refractivity (Wildman–Crippen MR) is 117 cm³/mol. The van der Waals surface area contributed by atoms with Crippen molar-refractivity contribution in [2.75, 3.05) is 6.54 Å². The minimum absolute atomic E-state index is 0.0501. The van der Waals surface area contributed by atoms with Gasteiger partial charge in [-0.15, -0.1) is 11.3 Å². The maximum Gasteiger partial charge on any atom is 0.227 e. The molecule has 4 rings (SSSR count). The molecule has 0 saturated heterocycles. The summed E-state index contributed by atoms with van der Waals surface area (Å²) in [5, 5.41) is 11.8. The van der Waals surface area contributed by atoms with Gasteiger partial charge < -0.3 is 14.7 Å². The van der Waals surface area contributed by atoms with Gasteiger partial charge in [-0.2, -0.15) is 0 Å². The summed E-state index contributed by atoms with van der Waals surface area (Å²) in [5.74, 6) is 1.59. The molecule has 0 radical (unpaired) electrons. The topological polar surface area (TPSA) is 62.7 Å². The van der Waals surface area contributed by atoms with E-state index in [1.165, 1.54) is 24.2 Å². The molecule has 0 unspecified atom stereocenters. The number of aromatic nitrogens is 1. The highest BCUT2D eigenvalue weighted by atomic mass is 32.1. The average molecular weight is 423 g/mol. The van der Waals surface area contributed by atoms with Gasteiger partial charge in [0, 0.05) is 18.5 Å². The predicted octanol–water partition coefficient (Wildman–Crippen LogP) is 4.20. The summed E-state index contributed by atoms with van der Waals surface area (Å²) < 4.78 is 5.80. The van der Waals surface area contributed by atoms with Crippen LogP contribution in [0.15, 0.2) is 60.0 Å². The van der Waals surface area contributed by atoms with Gasteiger partial charge in [0.05, 0.1) is 18.7 Å². The summed E-state index contributed by atoms with van der Waals surface area (Å²) in [6.07, 6.45) is 2.88. The van der Waals surface area contributed by atoms with E-state index in [0.717, 1.165) is 28.4 Å². The Balaban J connectivity index is 1.34. The lowest BCUT2D eigenvalue weighted by molar-refractivity contribution is -0.131. The molecule has 0 atom stereocenters. The molecular weight excluding hydrogens is 396 g/mol. The third kappa shape index (κ3) is 5.90. The standard InChI is InChI=1S/C24H26N2O3S/c27-15-21-17-30-23(25-21)16-29-22-10-8-20(9-11-22)14-26(13-19-6-7-19)24(28)12-18-4-2-1-3-5-18/h1-5,8-11,17,19,27H,6-7,12-16H2. The minimum Gasteiger partial charge on any atom is -0.486 e. The molecule has 2 aromatic carbocycles. The lowest BCUT2D eigenvalue weighted by Gasteiger charge is -2.23. The van der Waals surface area contributed by atoms with Crippen LogP contribution in [-0.2, 0) is 31.0 Å². The Labute approximate surface area is 181 Å². The molecule has 3 aromatic rings. The van der Waals surface area contributed by atoms with Crippen LogP contribution in [-0.4, -0.2) is 27.4 Å². The summed E-state index contributed by atoms with van der Waals surface area (Å²) in [7, 11) is 0. The van der Waals surface area contributed by atoms with Crippen LogP contribution in [0.1, 0.15) is 34.7 Å². The molecule has 0 bridgehead atoms. The molecule has 0 spiro atoms. The lowest BCUT2D eigenvalue weighted by Crippen LogP contribution is -2.33. The zero-order valence-corrected chi connectivity index (χ0v) is 17.7. The Kier molecular flexibility index (Phi) is 6.77. The first-order chi connectivity index (χ1) is 14.7. The number of aliphatic hydroxyl groups excluding tert-OH is 1. The number of nitrogens with zero attached hydrogens (tertiary/aromatic N) is 2. The van der Waals surface area contributed by atoms with Crippen molar-refractivity contribution < 1.29 is 14.6 Å². The van der Waals surface area contributed by atoms with Gasteiger partial charge in [0.25, 0.3) is 0 Å². The quantitative estimate of drug-likeness (QED) is 0.532. The summed E-state index contributed by atoms with van der Waals surface area (Å²) in [6, 6.07) is 17.8. The van der Waals surface area contributed by atoms with Crippen molar-refractivity contribution in [1.82, 2.24) is 9.88 Å². The van der Waals surface area contributed by atoms with Gasteiger partial charge in [0.2, 0.25) is 5.91 Å². The number of rotatable bonds is 10. The van der Waals surface area contributed by atoms with Crippen molar-refractivity contribution in [2.24, 2.45) is 5.92 Å². The first-order valence-electron chi connectivity index (χ1n) is 10.3. The van der Waals surface area contributed by atoms with Gasteiger partial charge in [-0.3, -0.25) is 4.79 Å². The van der Waals surface area contributed by atoms with Gasteiger partial charge in [-0.1, -0.05) is 42.5 Å². The zero-order valence-electron chi connectivity index (χ0n) is 16.9. The number of aliphatic hydroxyl groups is 1. The number of thiazole rings is 1. The van der Waals surface area contributed by atoms with E-state index in [9.17, 15) is 4.79 Å². The molecular formula is C24H26N2O3S. The van der Waals surface area contributed by atoms with Crippen molar-refractivity contribution in [3.63, 3.8) is 0 Å². The summed E-state index contributed by atoms with van der Waals surface area (Å²) in [6.45, 7) is 1.79. The molecule has 156 valence electrons. The molecule has 1 amide bonds. The van der Waals surface area contributed by atoms with Gasteiger partial charge >= 0.3 is 0 Å². The SMILES string of the molecule is O=C(Cc1ccccc1)N(Cc1ccc(OCc2nc(CO)cs2)cc1)CC1CC1. The third-order valence-electron chi connectivity index (χ3n) is 5.15. The fourth-order valence-corrected chi connectivity index (χ4v) is 3.99. The second-order valence-corrected chi connectivity index (χ2v) is 8.65. The number of hydrogen-bond acceptors (Lipinski definition) is 5. The summed E-state index contributed by atoms with van der Waals surface area (Å²) in [4.78, 5) is 19.2. The van der Waals surface area contributed by atoms with E-state index in [1.807, 2.05) is 64.9 Å². The maximum atomic E-state index is 12.9. The summed E-state index contributed by atoms with van der Waals surface area (Å²) >= 11 is 1.48. The molecule has 1 aliphatic rings. The fraction of sp³-hybridized carbons (Fsp3) is 0.333. The number of ether oxygens (including phenoxy) is 1. The molecule has 30 heavy (non-hydrogen) atoms. The van der Waals surface area contributed by atoms with Crippen molar-refractivity contribution in [2.45, 2.75) is 39.0 Å². The van der Waals surface area contributed by atoms with Crippen LogP contribution in [0, 0.1) is 5.92 Å². The van der Waals surface area contributed by atoms with Crippen molar-refractivity contribution in [3.05, 3.63) is 81.8 Å². The molecule has 1 N–H and O–H groups in total. The van der Waals surface area contributed by atoms with Crippen molar-refractivity contribution >= 4 is 17.2 Å². The minimum atomic E-state index is -0.0501. The second kappa shape index (κ2) is 9.87. The average Bonchev–Trinajstić information content (AvgIpc) is 3.47. The first-order valence-corrected chi connectivity index (χ1v) is 11.1. The monoisotopic (exact) mass is 422 g/mol. The van der Waals surface area contributed by atoms with Crippen LogP contribution >= 0.6 is 11.3 Å². The number of carbonyl (C=O) groups is 1. The second-order valence-electron chi connectivity index (χ2n) is 7.70. The van der Waals surface area contributed by atoms with E-state index in [1.54, 1.807) is 0 Å². The maximum absolute atomic E-state index is 12.9. The molecule has 0 aliphatic heterocycles. The number of benzene rings is 2. The Morgan fingerprint density at radius 1 is 1.10 bits per heavy atom. The molecule has 5 nitrogen and oxygen atoms in total. The normalized spacial score (nSPS) is 13.2. The molecule has 6 heteroatoms. The fourth-order valence-electron chi connectivity index (χ4n) is 3.29. The van der Waals surface area contributed by atoms with Crippen LogP contribution in [0.4, 0.5) is 0 Å². The molecule has 1 aliphatic carbocycles. The zero-order chi connectivity index (χ0) is 20.8. The Morgan fingerprint density at radius 2 is 1.87 bits per heavy atom. The Hall–Kier alpha value is -2.70. The van der Waals surface area contributed by atoms with Gasteiger partial charge in [-0.05, 0) is 42.0 Å². The van der Waals surface area contributed by atoms with E-state index in [0.29, 0.717) is 31.2 Å². The van der Waals surface area contributed by atoms with Gasteiger partial charge in [-0.25, -0.2) is 4.98 Å². The number of hydrogen-bond donors (Lipinski definition) is 1. The van der Waals surface area contributed by atoms with E-state index < -0.39 is 0 Å². The smallest absolute Gasteiger partial charge is 0.227 e. The number of carbonyl (C=O) groups excluding carboxylic acids is 1. The van der Waals surface area contributed by atoms with Crippen LogP contribution in [0.2, 0.25) is 0 Å². The van der Waals surface area contributed by atoms with Crippen LogP contribution < -0.4 is 4.74 Å². The van der Waals surface area contributed by atoms with Crippen molar-refractivity contribution in [1.29, 1.82) is 0 Å². The van der Waals surface area contributed by atoms with E-state index >= 15 is 0 Å². The van der Waals surface area contributed by atoms with Gasteiger partial charge in [0.15, 0.2) is 0 Å². The van der Waals surface area contributed by atoms with Crippen LogP contribution in [0.5, 0.6) is 5.75 Å². The molecule has 1 aromatic heterocycles. The van der Waals surface area contributed by atoms with E-state index in [-0.39, 0.29) is 12.5 Å². The highest BCUT2D eigenvalue weighted by molar-refractivity contribution is 7.09. The molecule has 1 heterocycles. The summed E-state index contributed by atoms with van der Waals surface area (Å²) in [5.41, 5.74) is 2.82. The third-order valence-corrected chi connectivity index (χ3v) is 6.02. The van der Waals surface area contributed by atoms with Crippen LogP contribution in [0.3, 0.4) is 0 Å². The lowest BCUT2D eigenvalue weighted by atomic mass is 10.1. The highest BCUT2D eigenvalue weighted by Gasteiger charge is 2.26. The van der Waals surface area contributed by atoms with Gasteiger partial charge in [0.1, 0.15) is 17.4 Å². The Morgan fingerprint density at radius 3 is 2.53 bits per heavy atom. The van der Waals surface area contributed by atoms with Crippen LogP contribution in [0.25, 0.3) is 0 Å². The highest BCUT2D eigenvalue weighted by Crippen LogP contribution is 2.30. The largest absolute Gasteiger partial charge is 0.486 e. The molecule has 1 saturated carbocycles. The van der Waals surface area contributed by atoms with E-state index in [2.05, 4.69) is 4.98 Å². The molecule has 1 fully saturated rings. The Bertz CT molecular complexity index is 952.